The third-order valence-electron chi connectivity index (χ3n) is 5.05. The Labute approximate surface area is 118 Å². The van der Waals surface area contributed by atoms with Crippen molar-refractivity contribution in [1.82, 2.24) is 0 Å². The number of allylic oxidation sites excluding steroid dienone is 2. The molecule has 0 spiro atoms. The average Bonchev–Trinajstić information content (AvgIpc) is 2.80. The summed E-state index contributed by atoms with van der Waals surface area (Å²) >= 11 is 6.19. The summed E-state index contributed by atoms with van der Waals surface area (Å²) in [5, 5.41) is 0.327. The van der Waals surface area contributed by atoms with Gasteiger partial charge in [-0.05, 0) is 0 Å². The van der Waals surface area contributed by atoms with Gasteiger partial charge in [0.2, 0.25) is 0 Å². The second-order valence-corrected chi connectivity index (χ2v) is 6.34. The van der Waals surface area contributed by atoms with Gasteiger partial charge in [-0.1, -0.05) is 24.6 Å². The molecule has 2 saturated heterocycles. The molecule has 2 heterocycles. The Balaban J connectivity index is 1.98. The van der Waals surface area contributed by atoms with Crippen LogP contribution in [0.2, 0.25) is 0 Å². The van der Waals surface area contributed by atoms with Gasteiger partial charge in [0.05, 0.1) is 23.7 Å². The summed E-state index contributed by atoms with van der Waals surface area (Å²) in [6.07, 6.45) is 1.61. The molecule has 2 bridgehead atoms. The van der Waals surface area contributed by atoms with Gasteiger partial charge in [-0.25, -0.2) is 0 Å². The van der Waals surface area contributed by atoms with E-state index < -0.39 is 58.9 Å². The quantitative estimate of drug-likeness (QED) is 0.475. The molecule has 0 aromatic heterocycles. The van der Waals surface area contributed by atoms with Crippen molar-refractivity contribution < 1.29 is 28.7 Å². The van der Waals surface area contributed by atoms with Crippen LogP contribution < -0.4 is 0 Å². The van der Waals surface area contributed by atoms with Gasteiger partial charge < -0.3 is 9.47 Å². The predicted octanol–water partition coefficient (Wildman–Crippen LogP) is 0.390. The van der Waals surface area contributed by atoms with Gasteiger partial charge in [-0.15, -0.1) is 0 Å². The van der Waals surface area contributed by atoms with Crippen molar-refractivity contribution >= 4 is 35.5 Å². The van der Waals surface area contributed by atoms with Gasteiger partial charge in [0.25, 0.3) is 0 Å². The minimum atomic E-state index is -1.02. The third-order valence-corrected chi connectivity index (χ3v) is 5.42. The van der Waals surface area contributed by atoms with E-state index in [1.165, 1.54) is 0 Å². The molecule has 0 N–H and O–H groups in total. The van der Waals surface area contributed by atoms with Gasteiger partial charge in [0.1, 0.15) is 0 Å². The maximum atomic E-state index is 11.9. The van der Waals surface area contributed by atoms with Crippen molar-refractivity contribution in [2.75, 3.05) is 0 Å². The monoisotopic (exact) mass is 296 g/mol. The van der Waals surface area contributed by atoms with Crippen LogP contribution in [0, 0.1) is 35.0 Å². The zero-order valence-corrected chi connectivity index (χ0v) is 11.0. The zero-order valence-electron chi connectivity index (χ0n) is 10.3. The van der Waals surface area contributed by atoms with E-state index >= 15 is 0 Å². The number of rotatable bonds is 0. The normalized spacial score (nSPS) is 48.7. The second kappa shape index (κ2) is 3.31. The molecule has 2 aliphatic heterocycles. The fourth-order valence-electron chi connectivity index (χ4n) is 4.35. The van der Waals surface area contributed by atoms with Gasteiger partial charge in [0, 0.05) is 16.4 Å². The maximum Gasteiger partial charge on any atom is 0.318 e. The van der Waals surface area contributed by atoms with E-state index in [9.17, 15) is 19.2 Å². The van der Waals surface area contributed by atoms with Gasteiger partial charge >= 0.3 is 23.9 Å². The van der Waals surface area contributed by atoms with Crippen LogP contribution in [-0.2, 0) is 28.7 Å². The molecule has 4 unspecified atom stereocenters. The lowest BCUT2D eigenvalue weighted by Crippen LogP contribution is -2.57. The molecule has 1 saturated carbocycles. The molecule has 104 valence electrons. The molecule has 0 aromatic rings. The predicted molar refractivity (Wildman–Crippen MR) is 61.7 cm³/mol. The molecule has 0 aromatic carbocycles. The summed E-state index contributed by atoms with van der Waals surface area (Å²) in [6, 6.07) is 0. The van der Waals surface area contributed by atoms with Crippen LogP contribution in [0.1, 0.15) is 6.92 Å². The number of hydrogen-bond donors (Lipinski definition) is 0. The number of carbonyl (C=O) groups excluding carboxylic acids is 4. The molecule has 0 amide bonds. The minimum absolute atomic E-state index is 0.327. The van der Waals surface area contributed by atoms with Crippen molar-refractivity contribution in [1.29, 1.82) is 0 Å². The lowest BCUT2D eigenvalue weighted by atomic mass is 9.47. The molecule has 4 atom stereocenters. The molecular formula is C13H9ClO6. The highest BCUT2D eigenvalue weighted by Gasteiger charge is 2.73. The van der Waals surface area contributed by atoms with Gasteiger partial charge in [-0.2, -0.15) is 0 Å². The van der Waals surface area contributed by atoms with Crippen molar-refractivity contribution in [2.45, 2.75) is 6.92 Å². The molecule has 5 aliphatic rings. The average molecular weight is 297 g/mol. The first-order valence-electron chi connectivity index (χ1n) is 6.25. The van der Waals surface area contributed by atoms with Crippen molar-refractivity contribution in [2.24, 2.45) is 35.0 Å². The summed E-state index contributed by atoms with van der Waals surface area (Å²) in [5.41, 5.74) is -1.02. The Morgan fingerprint density at radius 3 is 1.80 bits per heavy atom. The van der Waals surface area contributed by atoms with Crippen molar-refractivity contribution in [3.05, 3.63) is 11.1 Å². The van der Waals surface area contributed by atoms with Crippen LogP contribution in [0.4, 0.5) is 0 Å². The Hall–Kier alpha value is -1.69. The Morgan fingerprint density at radius 1 is 0.900 bits per heavy atom. The van der Waals surface area contributed by atoms with Crippen LogP contribution in [0.3, 0.4) is 0 Å². The van der Waals surface area contributed by atoms with Crippen LogP contribution in [-0.4, -0.2) is 23.9 Å². The van der Waals surface area contributed by atoms with E-state index in [1.54, 1.807) is 13.0 Å². The second-order valence-electron chi connectivity index (χ2n) is 5.91. The summed E-state index contributed by atoms with van der Waals surface area (Å²) in [5.74, 6) is -6.51. The largest absolute Gasteiger partial charge is 0.393 e. The highest BCUT2D eigenvalue weighted by molar-refractivity contribution is 6.31. The minimum Gasteiger partial charge on any atom is -0.393 e. The molecule has 6 nitrogen and oxygen atoms in total. The van der Waals surface area contributed by atoms with E-state index in [1.807, 2.05) is 0 Å². The number of esters is 4. The Morgan fingerprint density at radius 2 is 1.35 bits per heavy atom. The summed E-state index contributed by atoms with van der Waals surface area (Å²) < 4.78 is 9.41. The van der Waals surface area contributed by atoms with E-state index in [2.05, 4.69) is 0 Å². The van der Waals surface area contributed by atoms with Crippen molar-refractivity contribution in [3.63, 3.8) is 0 Å². The van der Waals surface area contributed by atoms with E-state index in [0.29, 0.717) is 5.03 Å². The van der Waals surface area contributed by atoms with Crippen LogP contribution in [0.5, 0.6) is 0 Å². The highest BCUT2D eigenvalue weighted by Crippen LogP contribution is 2.65. The highest BCUT2D eigenvalue weighted by atomic mass is 35.5. The third kappa shape index (κ3) is 1.09. The molecule has 20 heavy (non-hydrogen) atoms. The lowest BCUT2D eigenvalue weighted by Gasteiger charge is -2.51. The number of halogens is 1. The summed E-state index contributed by atoms with van der Waals surface area (Å²) in [7, 11) is 0. The fourth-order valence-corrected chi connectivity index (χ4v) is 4.86. The first-order chi connectivity index (χ1) is 9.36. The van der Waals surface area contributed by atoms with E-state index in [-0.39, 0.29) is 0 Å². The molecule has 0 radical (unpaired) electrons. The number of carbonyl (C=O) groups is 4. The number of ether oxygens (including phenoxy) is 2. The maximum absolute atomic E-state index is 11.9. The number of hydrogen-bond acceptors (Lipinski definition) is 6. The molecule has 3 aliphatic carbocycles. The van der Waals surface area contributed by atoms with E-state index in [4.69, 9.17) is 21.1 Å². The fraction of sp³-hybridized carbons (Fsp3) is 0.538. The Kier molecular flexibility index (Phi) is 2.00. The lowest BCUT2D eigenvalue weighted by molar-refractivity contribution is -0.154. The van der Waals surface area contributed by atoms with E-state index in [0.717, 1.165) is 0 Å². The molecule has 3 fully saturated rings. The summed E-state index contributed by atoms with van der Waals surface area (Å²) in [4.78, 5) is 47.7. The summed E-state index contributed by atoms with van der Waals surface area (Å²) in [6.45, 7) is 1.65. The van der Waals surface area contributed by atoms with Gasteiger partial charge in [0.15, 0.2) is 0 Å². The van der Waals surface area contributed by atoms with Crippen LogP contribution in [0.25, 0.3) is 0 Å². The molecule has 7 heteroatoms. The molecular weight excluding hydrogens is 288 g/mol. The molecule has 5 rings (SSSR count). The van der Waals surface area contributed by atoms with Crippen LogP contribution >= 0.6 is 11.6 Å². The van der Waals surface area contributed by atoms with Crippen molar-refractivity contribution in [3.8, 4) is 0 Å². The first kappa shape index (κ1) is 12.1. The first-order valence-corrected chi connectivity index (χ1v) is 6.63. The topological polar surface area (TPSA) is 86.7 Å². The number of cyclic esters (lactones) is 4. The zero-order chi connectivity index (χ0) is 14.4. The van der Waals surface area contributed by atoms with Crippen LogP contribution in [0.15, 0.2) is 11.1 Å². The van der Waals surface area contributed by atoms with Gasteiger partial charge in [-0.3, -0.25) is 19.2 Å². The SMILES string of the molecule is CC12C=C(Cl)C(C3C(=O)OC(=O)C31)C1C(=O)OC(=O)C12. The standard InChI is InChI=1S/C13H9ClO6/c1-13-2-3(14)4(5-7(13)11(17)19-9(5)15)6-8(13)12(18)20-10(6)16/h2,4-8H,1H3. The smallest absolute Gasteiger partial charge is 0.318 e. The Bertz CT molecular complexity index is 593.